The molecule has 1 saturated heterocycles. The first-order valence-electron chi connectivity index (χ1n) is 6.20. The number of benzene rings is 1. The van der Waals surface area contributed by atoms with Crippen LogP contribution in [-0.2, 0) is 0 Å². The zero-order chi connectivity index (χ0) is 12.7. The molecule has 1 fully saturated rings. The van der Waals surface area contributed by atoms with Gasteiger partial charge in [-0.3, -0.25) is 0 Å². The summed E-state index contributed by atoms with van der Waals surface area (Å²) in [5, 5.41) is 2.25. The average Bonchev–Trinajstić information content (AvgIpc) is 2.74. The number of hydrogen-bond donors (Lipinski definition) is 0. The quantitative estimate of drug-likeness (QED) is 0.764. The predicted octanol–water partition coefficient (Wildman–Crippen LogP) is 4.55. The lowest BCUT2D eigenvalue weighted by atomic mass is 9.94. The van der Waals surface area contributed by atoms with E-state index in [2.05, 4.69) is 18.0 Å². The summed E-state index contributed by atoms with van der Waals surface area (Å²) in [6.07, 6.45) is 2.28. The third kappa shape index (κ3) is 2.25. The van der Waals surface area contributed by atoms with Crippen molar-refractivity contribution < 1.29 is 4.42 Å². The van der Waals surface area contributed by atoms with Gasteiger partial charge in [0.05, 0.1) is 5.02 Å². The van der Waals surface area contributed by atoms with E-state index in [9.17, 15) is 0 Å². The lowest BCUT2D eigenvalue weighted by Crippen LogP contribution is -2.29. The lowest BCUT2D eigenvalue weighted by Gasteiger charge is -2.27. The Balaban J connectivity index is 1.96. The number of piperidine rings is 1. The van der Waals surface area contributed by atoms with Gasteiger partial charge in [0.25, 0.3) is 0 Å². The van der Waals surface area contributed by atoms with Gasteiger partial charge >= 0.3 is 0 Å². The molecule has 4 heteroatoms. The Morgan fingerprint density at radius 1 is 1.17 bits per heavy atom. The summed E-state index contributed by atoms with van der Waals surface area (Å²) in [5.41, 5.74) is 0.759. The molecule has 0 N–H and O–H groups in total. The van der Waals surface area contributed by atoms with Crippen LogP contribution in [0.1, 0.15) is 24.5 Å². The molecule has 2 aromatic rings. The number of likely N-dealkylation sites (tertiary alicyclic amines) is 1. The Morgan fingerprint density at radius 2 is 1.89 bits per heavy atom. The average molecular weight is 284 g/mol. The highest BCUT2D eigenvalue weighted by atomic mass is 35.5. The van der Waals surface area contributed by atoms with Crippen LogP contribution in [0.5, 0.6) is 0 Å². The maximum absolute atomic E-state index is 6.15. The number of halogens is 2. The highest BCUT2D eigenvalue weighted by molar-refractivity contribution is 6.38. The lowest BCUT2D eigenvalue weighted by molar-refractivity contribution is 0.242. The van der Waals surface area contributed by atoms with Crippen molar-refractivity contribution in [1.29, 1.82) is 0 Å². The van der Waals surface area contributed by atoms with E-state index in [1.54, 1.807) is 6.07 Å². The molecule has 0 radical (unpaired) electrons. The Hall–Kier alpha value is -0.700. The van der Waals surface area contributed by atoms with Gasteiger partial charge in [0.1, 0.15) is 5.76 Å². The summed E-state index contributed by atoms with van der Waals surface area (Å²) in [6, 6.07) is 5.72. The van der Waals surface area contributed by atoms with Crippen molar-refractivity contribution in [3.05, 3.63) is 34.0 Å². The van der Waals surface area contributed by atoms with Crippen molar-refractivity contribution >= 4 is 34.2 Å². The molecule has 0 spiro atoms. The van der Waals surface area contributed by atoms with Crippen molar-refractivity contribution in [2.24, 2.45) is 0 Å². The summed E-state index contributed by atoms with van der Waals surface area (Å²) >= 11 is 12.2. The number of furan rings is 1. The van der Waals surface area contributed by atoms with E-state index in [-0.39, 0.29) is 0 Å². The Kier molecular flexibility index (Phi) is 3.27. The van der Waals surface area contributed by atoms with E-state index in [0.717, 1.165) is 42.7 Å². The Bertz CT molecular complexity index is 570. The fourth-order valence-corrected chi connectivity index (χ4v) is 3.14. The first kappa shape index (κ1) is 12.3. The van der Waals surface area contributed by atoms with Crippen LogP contribution in [0.4, 0.5) is 0 Å². The van der Waals surface area contributed by atoms with Gasteiger partial charge in [-0.1, -0.05) is 23.2 Å². The number of rotatable bonds is 1. The van der Waals surface area contributed by atoms with Crippen LogP contribution in [-0.4, -0.2) is 25.0 Å². The van der Waals surface area contributed by atoms with Gasteiger partial charge in [0.15, 0.2) is 5.58 Å². The van der Waals surface area contributed by atoms with Crippen LogP contribution in [0.2, 0.25) is 10.0 Å². The van der Waals surface area contributed by atoms with Crippen LogP contribution >= 0.6 is 23.2 Å². The van der Waals surface area contributed by atoms with Crippen molar-refractivity contribution in [1.82, 2.24) is 4.90 Å². The third-order valence-electron chi connectivity index (χ3n) is 3.68. The third-order valence-corrected chi connectivity index (χ3v) is 4.17. The number of nitrogens with zero attached hydrogens (tertiary/aromatic N) is 1. The minimum absolute atomic E-state index is 0.503. The van der Waals surface area contributed by atoms with Crippen molar-refractivity contribution in [3.8, 4) is 0 Å². The molecular formula is C14H15Cl2NO. The van der Waals surface area contributed by atoms with Crippen LogP contribution in [0, 0.1) is 0 Å². The van der Waals surface area contributed by atoms with Crippen LogP contribution in [0.25, 0.3) is 11.0 Å². The fraction of sp³-hybridized carbons (Fsp3) is 0.429. The standard InChI is InChI=1S/C14H15Cl2NO/c1-17-4-2-9(3-5-17)13-7-10-6-11(15)8-12(16)14(10)18-13/h6-9H,2-5H2,1H3. The monoisotopic (exact) mass is 283 g/mol. The van der Waals surface area contributed by atoms with Gasteiger partial charge in [0, 0.05) is 16.3 Å². The minimum atomic E-state index is 0.503. The molecule has 3 rings (SSSR count). The zero-order valence-electron chi connectivity index (χ0n) is 10.2. The molecule has 0 saturated carbocycles. The van der Waals surface area contributed by atoms with Crippen LogP contribution < -0.4 is 0 Å². The summed E-state index contributed by atoms with van der Waals surface area (Å²) < 4.78 is 5.92. The summed E-state index contributed by atoms with van der Waals surface area (Å²) in [5.74, 6) is 1.55. The molecule has 96 valence electrons. The first-order chi connectivity index (χ1) is 8.63. The second kappa shape index (κ2) is 4.76. The molecule has 0 bridgehead atoms. The van der Waals surface area contributed by atoms with Crippen LogP contribution in [0.3, 0.4) is 0 Å². The van der Waals surface area contributed by atoms with E-state index in [1.807, 2.05) is 6.07 Å². The van der Waals surface area contributed by atoms with Gasteiger partial charge in [-0.15, -0.1) is 0 Å². The molecule has 0 aliphatic carbocycles. The van der Waals surface area contributed by atoms with Gasteiger partial charge in [-0.05, 0) is 51.2 Å². The van der Waals surface area contributed by atoms with E-state index in [0.29, 0.717) is 16.0 Å². The topological polar surface area (TPSA) is 16.4 Å². The molecule has 1 aliphatic rings. The number of hydrogen-bond acceptors (Lipinski definition) is 2. The van der Waals surface area contributed by atoms with Gasteiger partial charge in [-0.2, -0.15) is 0 Å². The van der Waals surface area contributed by atoms with E-state index in [1.165, 1.54) is 0 Å². The molecule has 1 aromatic heterocycles. The largest absolute Gasteiger partial charge is 0.459 e. The summed E-state index contributed by atoms with van der Waals surface area (Å²) in [4.78, 5) is 2.35. The van der Waals surface area contributed by atoms with E-state index < -0.39 is 0 Å². The smallest absolute Gasteiger partial charge is 0.152 e. The Morgan fingerprint density at radius 3 is 2.61 bits per heavy atom. The van der Waals surface area contributed by atoms with Crippen molar-refractivity contribution in [3.63, 3.8) is 0 Å². The molecule has 1 aromatic carbocycles. The predicted molar refractivity (Wildman–Crippen MR) is 75.7 cm³/mol. The molecule has 2 nitrogen and oxygen atoms in total. The SMILES string of the molecule is CN1CCC(c2cc3cc(Cl)cc(Cl)c3o2)CC1. The summed E-state index contributed by atoms with van der Waals surface area (Å²) in [7, 11) is 2.16. The highest BCUT2D eigenvalue weighted by Gasteiger charge is 2.22. The minimum Gasteiger partial charge on any atom is -0.459 e. The molecule has 1 aliphatic heterocycles. The number of fused-ring (bicyclic) bond motifs is 1. The zero-order valence-corrected chi connectivity index (χ0v) is 11.8. The van der Waals surface area contributed by atoms with Crippen LogP contribution in [0.15, 0.2) is 22.6 Å². The van der Waals surface area contributed by atoms with E-state index >= 15 is 0 Å². The molecule has 18 heavy (non-hydrogen) atoms. The van der Waals surface area contributed by atoms with Gasteiger partial charge in [0.2, 0.25) is 0 Å². The normalized spacial score (nSPS) is 18.6. The Labute approximate surface area is 116 Å². The van der Waals surface area contributed by atoms with Gasteiger partial charge < -0.3 is 9.32 Å². The maximum Gasteiger partial charge on any atom is 0.152 e. The molecule has 0 atom stereocenters. The molecule has 0 amide bonds. The summed E-state index contributed by atoms with van der Waals surface area (Å²) in [6.45, 7) is 2.24. The highest BCUT2D eigenvalue weighted by Crippen LogP contribution is 2.36. The van der Waals surface area contributed by atoms with Crippen molar-refractivity contribution in [2.75, 3.05) is 20.1 Å². The van der Waals surface area contributed by atoms with Gasteiger partial charge in [-0.25, -0.2) is 0 Å². The molecule has 2 heterocycles. The maximum atomic E-state index is 6.15. The van der Waals surface area contributed by atoms with E-state index in [4.69, 9.17) is 27.6 Å². The molecule has 0 unspecified atom stereocenters. The second-order valence-corrected chi connectivity index (χ2v) is 5.88. The fourth-order valence-electron chi connectivity index (χ4n) is 2.59. The molecular weight excluding hydrogens is 269 g/mol. The second-order valence-electron chi connectivity index (χ2n) is 5.03. The first-order valence-corrected chi connectivity index (χ1v) is 6.96. The van der Waals surface area contributed by atoms with Crippen molar-refractivity contribution in [2.45, 2.75) is 18.8 Å².